The lowest BCUT2D eigenvalue weighted by molar-refractivity contribution is -0.132. The number of nitrogens with zero attached hydrogens (tertiary/aromatic N) is 1. The van der Waals surface area contributed by atoms with Crippen LogP contribution >= 0.6 is 23.2 Å². The lowest BCUT2D eigenvalue weighted by atomic mass is 10.1. The number of hydrogen-bond acceptors (Lipinski definition) is 6. The SMILES string of the molecule is COC(=O)c1ccc(/C=N\NC(=O)[C@@H](Cc2ccccc2)NC(=O)[C@H](C)Oc2ccc(Cl)cc2Cl)cc1. The number of hydrazone groups is 1. The maximum atomic E-state index is 13.0. The summed E-state index contributed by atoms with van der Waals surface area (Å²) in [6.45, 7) is 1.55. The summed E-state index contributed by atoms with van der Waals surface area (Å²) in [5.41, 5.74) is 4.35. The fourth-order valence-corrected chi connectivity index (χ4v) is 3.69. The summed E-state index contributed by atoms with van der Waals surface area (Å²) >= 11 is 12.0. The Kier molecular flexibility index (Phi) is 10.1. The largest absolute Gasteiger partial charge is 0.479 e. The molecule has 0 aliphatic heterocycles. The number of methoxy groups -OCH3 is 1. The molecule has 192 valence electrons. The van der Waals surface area contributed by atoms with Crippen molar-refractivity contribution in [3.8, 4) is 5.75 Å². The Morgan fingerprint density at radius 2 is 1.68 bits per heavy atom. The van der Waals surface area contributed by atoms with Gasteiger partial charge in [0.15, 0.2) is 6.10 Å². The zero-order chi connectivity index (χ0) is 26.8. The number of halogens is 2. The molecule has 0 aromatic heterocycles. The van der Waals surface area contributed by atoms with Crippen molar-refractivity contribution < 1.29 is 23.9 Å². The Balaban J connectivity index is 1.67. The van der Waals surface area contributed by atoms with Gasteiger partial charge < -0.3 is 14.8 Å². The lowest BCUT2D eigenvalue weighted by Gasteiger charge is -2.21. The summed E-state index contributed by atoms with van der Waals surface area (Å²) in [5.74, 6) is -1.19. The Morgan fingerprint density at radius 3 is 2.32 bits per heavy atom. The zero-order valence-corrected chi connectivity index (χ0v) is 21.6. The summed E-state index contributed by atoms with van der Waals surface area (Å²) in [5, 5.41) is 7.41. The lowest BCUT2D eigenvalue weighted by Crippen LogP contribution is -2.50. The summed E-state index contributed by atoms with van der Waals surface area (Å²) < 4.78 is 10.3. The molecule has 0 saturated carbocycles. The second kappa shape index (κ2) is 13.4. The van der Waals surface area contributed by atoms with Crippen LogP contribution in [-0.4, -0.2) is 43.3 Å². The molecule has 0 heterocycles. The molecule has 8 nitrogen and oxygen atoms in total. The molecule has 3 aromatic rings. The van der Waals surface area contributed by atoms with E-state index in [0.29, 0.717) is 21.9 Å². The van der Waals surface area contributed by atoms with Crippen LogP contribution in [0.1, 0.15) is 28.4 Å². The van der Waals surface area contributed by atoms with Crippen LogP contribution in [0.25, 0.3) is 0 Å². The molecule has 2 N–H and O–H groups in total. The van der Waals surface area contributed by atoms with E-state index >= 15 is 0 Å². The van der Waals surface area contributed by atoms with Gasteiger partial charge in [0, 0.05) is 11.4 Å². The molecule has 10 heteroatoms. The normalized spacial score (nSPS) is 12.4. The summed E-state index contributed by atoms with van der Waals surface area (Å²) in [4.78, 5) is 37.4. The molecule has 0 unspecified atom stereocenters. The zero-order valence-electron chi connectivity index (χ0n) is 20.1. The summed E-state index contributed by atoms with van der Waals surface area (Å²) in [7, 11) is 1.30. The molecular formula is C27H25Cl2N3O5. The number of carbonyl (C=O) groups excluding carboxylic acids is 3. The number of hydrogen-bond donors (Lipinski definition) is 2. The molecule has 0 saturated heterocycles. The number of rotatable bonds is 10. The van der Waals surface area contributed by atoms with Gasteiger partial charge >= 0.3 is 5.97 Å². The van der Waals surface area contributed by atoms with E-state index in [2.05, 4.69) is 20.6 Å². The van der Waals surface area contributed by atoms with Gasteiger partial charge in [-0.25, -0.2) is 10.2 Å². The molecule has 0 aliphatic rings. The van der Waals surface area contributed by atoms with Gasteiger partial charge in [0.25, 0.3) is 11.8 Å². The van der Waals surface area contributed by atoms with Gasteiger partial charge in [0.05, 0.1) is 23.9 Å². The Hall–Kier alpha value is -3.88. The summed E-state index contributed by atoms with van der Waals surface area (Å²) in [6, 6.07) is 19.5. The van der Waals surface area contributed by atoms with Crippen molar-refractivity contribution in [2.45, 2.75) is 25.5 Å². The molecule has 0 bridgehead atoms. The first-order valence-electron chi connectivity index (χ1n) is 11.2. The number of ether oxygens (including phenoxy) is 2. The van der Waals surface area contributed by atoms with Gasteiger partial charge in [-0.05, 0) is 48.4 Å². The number of benzene rings is 3. The number of esters is 1. The molecule has 2 atom stereocenters. The average Bonchev–Trinajstić information content (AvgIpc) is 2.90. The molecule has 0 radical (unpaired) electrons. The first-order chi connectivity index (χ1) is 17.8. The smallest absolute Gasteiger partial charge is 0.337 e. The third-order valence-electron chi connectivity index (χ3n) is 5.20. The fraction of sp³-hybridized carbons (Fsp3) is 0.185. The monoisotopic (exact) mass is 541 g/mol. The van der Waals surface area contributed by atoms with Crippen LogP contribution in [0.5, 0.6) is 5.75 Å². The van der Waals surface area contributed by atoms with Crippen LogP contribution < -0.4 is 15.5 Å². The highest BCUT2D eigenvalue weighted by atomic mass is 35.5. The molecule has 2 amide bonds. The Labute approximate surface area is 224 Å². The quantitative estimate of drug-likeness (QED) is 0.224. The van der Waals surface area contributed by atoms with Gasteiger partial charge in [0.1, 0.15) is 11.8 Å². The van der Waals surface area contributed by atoms with Gasteiger partial charge in [-0.3, -0.25) is 9.59 Å². The van der Waals surface area contributed by atoms with E-state index in [1.54, 1.807) is 43.3 Å². The van der Waals surface area contributed by atoms with Gasteiger partial charge in [-0.15, -0.1) is 0 Å². The van der Waals surface area contributed by atoms with Crippen molar-refractivity contribution in [1.82, 2.24) is 10.7 Å². The highest BCUT2D eigenvalue weighted by Gasteiger charge is 2.25. The van der Waals surface area contributed by atoms with E-state index in [0.717, 1.165) is 5.56 Å². The van der Waals surface area contributed by atoms with Crippen LogP contribution in [0, 0.1) is 0 Å². The third-order valence-corrected chi connectivity index (χ3v) is 5.73. The highest BCUT2D eigenvalue weighted by molar-refractivity contribution is 6.35. The van der Waals surface area contributed by atoms with E-state index in [-0.39, 0.29) is 11.4 Å². The van der Waals surface area contributed by atoms with Crippen molar-refractivity contribution in [2.24, 2.45) is 5.10 Å². The van der Waals surface area contributed by atoms with Crippen LogP contribution in [-0.2, 0) is 20.7 Å². The predicted octanol–water partition coefficient (Wildman–Crippen LogP) is 4.43. The van der Waals surface area contributed by atoms with Crippen LogP contribution in [0.15, 0.2) is 77.9 Å². The second-order valence-electron chi connectivity index (χ2n) is 7.93. The highest BCUT2D eigenvalue weighted by Crippen LogP contribution is 2.28. The van der Waals surface area contributed by atoms with E-state index in [1.165, 1.54) is 19.4 Å². The maximum absolute atomic E-state index is 13.0. The molecular weight excluding hydrogens is 517 g/mol. The van der Waals surface area contributed by atoms with Crippen LogP contribution in [0.4, 0.5) is 0 Å². The fourth-order valence-electron chi connectivity index (χ4n) is 3.23. The number of amides is 2. The standard InChI is InChI=1S/C27H25Cl2N3O5/c1-17(37-24-13-12-21(28)15-22(24)29)25(33)31-23(14-18-6-4-3-5-7-18)26(34)32-30-16-19-8-10-20(11-9-19)27(35)36-2/h3-13,15-17,23H,14H2,1-2H3,(H,31,33)(H,32,34)/b30-16-/t17-,23+/m0/s1. The third kappa shape index (κ3) is 8.34. The molecule has 0 fully saturated rings. The van der Waals surface area contributed by atoms with Crippen molar-refractivity contribution >= 4 is 47.2 Å². The first-order valence-corrected chi connectivity index (χ1v) is 12.0. The minimum Gasteiger partial charge on any atom is -0.479 e. The van der Waals surface area contributed by atoms with E-state index in [1.807, 2.05) is 30.3 Å². The van der Waals surface area contributed by atoms with E-state index < -0.39 is 29.9 Å². The Bertz CT molecular complexity index is 1270. The molecule has 3 aromatic carbocycles. The predicted molar refractivity (Wildman–Crippen MR) is 142 cm³/mol. The van der Waals surface area contributed by atoms with E-state index in [9.17, 15) is 14.4 Å². The second-order valence-corrected chi connectivity index (χ2v) is 8.78. The molecule has 3 rings (SSSR count). The first kappa shape index (κ1) is 27.7. The minimum absolute atomic E-state index is 0.232. The number of nitrogens with one attached hydrogen (secondary N) is 2. The number of carbonyl (C=O) groups is 3. The van der Waals surface area contributed by atoms with Crippen LogP contribution in [0.2, 0.25) is 10.0 Å². The molecule has 0 aliphatic carbocycles. The van der Waals surface area contributed by atoms with Gasteiger partial charge in [0.2, 0.25) is 0 Å². The van der Waals surface area contributed by atoms with Crippen molar-refractivity contribution in [3.05, 3.63) is 99.5 Å². The van der Waals surface area contributed by atoms with Gasteiger partial charge in [-0.2, -0.15) is 5.10 Å². The van der Waals surface area contributed by atoms with Crippen LogP contribution in [0.3, 0.4) is 0 Å². The van der Waals surface area contributed by atoms with Crippen molar-refractivity contribution in [1.29, 1.82) is 0 Å². The van der Waals surface area contributed by atoms with Gasteiger partial charge in [-0.1, -0.05) is 65.7 Å². The average molecular weight is 542 g/mol. The topological polar surface area (TPSA) is 106 Å². The minimum atomic E-state index is -0.943. The maximum Gasteiger partial charge on any atom is 0.337 e. The van der Waals surface area contributed by atoms with Crippen molar-refractivity contribution in [3.63, 3.8) is 0 Å². The molecule has 0 spiro atoms. The Morgan fingerprint density at radius 1 is 0.973 bits per heavy atom. The van der Waals surface area contributed by atoms with Crippen molar-refractivity contribution in [2.75, 3.05) is 7.11 Å². The molecule has 37 heavy (non-hydrogen) atoms. The summed E-state index contributed by atoms with van der Waals surface area (Å²) in [6.07, 6.45) is 0.715. The van der Waals surface area contributed by atoms with E-state index in [4.69, 9.17) is 27.9 Å².